The van der Waals surface area contributed by atoms with Crippen molar-refractivity contribution in [3.05, 3.63) is 36.4 Å². The topological polar surface area (TPSA) is 77.3 Å². The van der Waals surface area contributed by atoms with Gasteiger partial charge in [-0.1, -0.05) is 6.42 Å². The Morgan fingerprint density at radius 3 is 2.85 bits per heavy atom. The Bertz CT molecular complexity index is 1050. The Morgan fingerprint density at radius 2 is 2.06 bits per heavy atom. The van der Waals surface area contributed by atoms with E-state index in [9.17, 15) is 4.39 Å². The van der Waals surface area contributed by atoms with Crippen molar-refractivity contribution in [1.29, 1.82) is 0 Å². The molecule has 0 bridgehead atoms. The highest BCUT2D eigenvalue weighted by Crippen LogP contribution is 2.29. The number of halogens is 1. The molecular formula is C24H31FN6O2. The van der Waals surface area contributed by atoms with Gasteiger partial charge in [0.2, 0.25) is 0 Å². The first-order valence-electron chi connectivity index (χ1n) is 12.0. The number of nitrogens with one attached hydrogen (secondary N) is 1. The van der Waals surface area contributed by atoms with E-state index in [2.05, 4.69) is 25.3 Å². The predicted molar refractivity (Wildman–Crippen MR) is 124 cm³/mol. The molecule has 2 saturated heterocycles. The van der Waals surface area contributed by atoms with Gasteiger partial charge in [-0.15, -0.1) is 0 Å². The molecule has 4 heterocycles. The van der Waals surface area contributed by atoms with Gasteiger partial charge in [0.25, 0.3) is 5.95 Å². The third kappa shape index (κ3) is 5.42. The van der Waals surface area contributed by atoms with Crippen molar-refractivity contribution in [2.75, 3.05) is 44.8 Å². The van der Waals surface area contributed by atoms with Crippen LogP contribution in [0.5, 0.6) is 5.75 Å². The fraction of sp³-hybridized carbons (Fsp3) is 0.542. The lowest BCUT2D eigenvalue weighted by Gasteiger charge is -2.26. The number of aromatic nitrogens is 4. The number of hydrogen-bond acceptors (Lipinski definition) is 7. The largest absolute Gasteiger partial charge is 0.490 e. The predicted octanol–water partition coefficient (Wildman–Crippen LogP) is 3.80. The minimum absolute atomic E-state index is 0.121. The zero-order chi connectivity index (χ0) is 22.5. The van der Waals surface area contributed by atoms with Crippen molar-refractivity contribution in [3.63, 3.8) is 0 Å². The summed E-state index contributed by atoms with van der Waals surface area (Å²) in [6, 6.07) is 5.07. The summed E-state index contributed by atoms with van der Waals surface area (Å²) >= 11 is 0. The van der Waals surface area contributed by atoms with E-state index in [-0.39, 0.29) is 11.8 Å². The highest BCUT2D eigenvalue weighted by atomic mass is 19.1. The van der Waals surface area contributed by atoms with Gasteiger partial charge in [-0.05, 0) is 57.3 Å². The van der Waals surface area contributed by atoms with Gasteiger partial charge in [0.05, 0.1) is 24.8 Å². The van der Waals surface area contributed by atoms with Gasteiger partial charge in [0.15, 0.2) is 11.6 Å². The average molecular weight is 455 g/mol. The molecular weight excluding hydrogens is 423 g/mol. The minimum atomic E-state index is -0.404. The second-order valence-electron chi connectivity index (χ2n) is 8.79. The lowest BCUT2D eigenvalue weighted by molar-refractivity contribution is 0.0875. The van der Waals surface area contributed by atoms with Gasteiger partial charge in [0, 0.05) is 37.0 Å². The van der Waals surface area contributed by atoms with Crippen molar-refractivity contribution >= 4 is 16.7 Å². The van der Waals surface area contributed by atoms with Gasteiger partial charge < -0.3 is 19.7 Å². The molecule has 8 nitrogen and oxygen atoms in total. The number of anilines is 1. The number of benzene rings is 1. The lowest BCUT2D eigenvalue weighted by atomic mass is 10.1. The molecule has 0 spiro atoms. The second kappa shape index (κ2) is 10.4. The molecule has 5 rings (SSSR count). The zero-order valence-corrected chi connectivity index (χ0v) is 18.9. The van der Waals surface area contributed by atoms with Crippen molar-refractivity contribution in [1.82, 2.24) is 24.6 Å². The van der Waals surface area contributed by atoms with Crippen LogP contribution in [-0.2, 0) is 4.74 Å². The fourth-order valence-corrected chi connectivity index (χ4v) is 4.53. The van der Waals surface area contributed by atoms with E-state index in [0.29, 0.717) is 35.9 Å². The minimum Gasteiger partial charge on any atom is -0.490 e. The first-order chi connectivity index (χ1) is 16.3. The van der Waals surface area contributed by atoms with Crippen LogP contribution >= 0.6 is 0 Å². The van der Waals surface area contributed by atoms with Crippen LogP contribution in [0.25, 0.3) is 16.9 Å². The molecule has 1 aromatic carbocycles. The summed E-state index contributed by atoms with van der Waals surface area (Å²) in [6.45, 7) is 5.13. The highest BCUT2D eigenvalue weighted by Gasteiger charge is 2.19. The van der Waals surface area contributed by atoms with Gasteiger partial charge in [-0.3, -0.25) is 0 Å². The van der Waals surface area contributed by atoms with Gasteiger partial charge in [-0.25, -0.2) is 14.1 Å². The van der Waals surface area contributed by atoms with Crippen LogP contribution in [0.4, 0.5) is 10.2 Å². The van der Waals surface area contributed by atoms with E-state index in [1.165, 1.54) is 25.3 Å². The van der Waals surface area contributed by atoms with E-state index in [1.807, 2.05) is 6.07 Å². The number of rotatable bonds is 8. The van der Waals surface area contributed by atoms with Gasteiger partial charge in [-0.2, -0.15) is 10.1 Å². The molecule has 33 heavy (non-hydrogen) atoms. The van der Waals surface area contributed by atoms with Crippen LogP contribution in [0.3, 0.4) is 0 Å². The first kappa shape index (κ1) is 22.0. The van der Waals surface area contributed by atoms with Crippen LogP contribution in [0, 0.1) is 5.82 Å². The van der Waals surface area contributed by atoms with Crippen LogP contribution in [0.1, 0.15) is 38.5 Å². The summed E-state index contributed by atoms with van der Waals surface area (Å²) in [5, 5.41) is 8.31. The number of hydrogen-bond donors (Lipinski definition) is 1. The van der Waals surface area contributed by atoms with E-state index < -0.39 is 5.82 Å². The average Bonchev–Trinajstić information content (AvgIpc) is 3.39. The Kier molecular flexibility index (Phi) is 6.97. The number of fused-ring (bicyclic) bond motifs is 1. The van der Waals surface area contributed by atoms with Crippen LogP contribution < -0.4 is 10.1 Å². The molecule has 2 aliphatic heterocycles. The molecule has 2 aliphatic rings. The Balaban J connectivity index is 1.36. The normalized spacial score (nSPS) is 19.6. The third-order valence-corrected chi connectivity index (χ3v) is 6.27. The molecule has 2 aromatic heterocycles. The number of ether oxygens (including phenoxy) is 2. The molecule has 176 valence electrons. The SMILES string of the molecule is Fc1cc2c(NC3CCCOC3)nc(-n3cccn3)nc2cc1OCCCN1CCCCC1. The summed E-state index contributed by atoms with van der Waals surface area (Å²) in [6.07, 6.45) is 10.1. The molecule has 0 radical (unpaired) electrons. The monoisotopic (exact) mass is 454 g/mol. The smallest absolute Gasteiger partial charge is 0.253 e. The molecule has 1 N–H and O–H groups in total. The van der Waals surface area contributed by atoms with Crippen molar-refractivity contribution in [2.24, 2.45) is 0 Å². The molecule has 2 fully saturated rings. The summed E-state index contributed by atoms with van der Waals surface area (Å²) in [5.41, 5.74) is 0.613. The second-order valence-corrected chi connectivity index (χ2v) is 8.79. The standard InChI is InChI=1S/C24H31FN6O2/c25-20-15-19-21(16-22(20)33-14-6-11-30-9-2-1-3-10-30)28-24(31-12-5-8-26-31)29-23(19)27-18-7-4-13-32-17-18/h5,8,12,15-16,18H,1-4,6-7,9-11,13-14,17H2,(H,27,28,29). The summed E-state index contributed by atoms with van der Waals surface area (Å²) in [4.78, 5) is 11.7. The molecule has 9 heteroatoms. The maximum absolute atomic E-state index is 15.0. The number of nitrogens with zero attached hydrogens (tertiary/aromatic N) is 5. The molecule has 0 saturated carbocycles. The number of likely N-dealkylation sites (tertiary alicyclic amines) is 1. The Morgan fingerprint density at radius 1 is 1.15 bits per heavy atom. The van der Waals surface area contributed by atoms with Crippen LogP contribution in [0.2, 0.25) is 0 Å². The van der Waals surface area contributed by atoms with Gasteiger partial charge >= 0.3 is 0 Å². The maximum atomic E-state index is 15.0. The maximum Gasteiger partial charge on any atom is 0.253 e. The first-order valence-corrected chi connectivity index (χ1v) is 12.0. The van der Waals surface area contributed by atoms with Crippen molar-refractivity contribution < 1.29 is 13.9 Å². The zero-order valence-electron chi connectivity index (χ0n) is 18.9. The molecule has 0 aliphatic carbocycles. The Labute approximate surface area is 193 Å². The highest BCUT2D eigenvalue weighted by molar-refractivity contribution is 5.90. The quantitative estimate of drug-likeness (QED) is 0.519. The summed E-state index contributed by atoms with van der Waals surface area (Å²) < 4.78 is 28.0. The van der Waals surface area contributed by atoms with E-state index >= 15 is 0 Å². The number of piperidine rings is 1. The summed E-state index contributed by atoms with van der Waals surface area (Å²) in [5.74, 6) is 0.822. The van der Waals surface area contributed by atoms with E-state index in [4.69, 9.17) is 9.47 Å². The van der Waals surface area contributed by atoms with E-state index in [1.54, 1.807) is 23.1 Å². The van der Waals surface area contributed by atoms with Crippen LogP contribution in [0.15, 0.2) is 30.6 Å². The van der Waals surface area contributed by atoms with Crippen molar-refractivity contribution in [3.8, 4) is 11.7 Å². The summed E-state index contributed by atoms with van der Waals surface area (Å²) in [7, 11) is 0. The fourth-order valence-electron chi connectivity index (χ4n) is 4.53. The molecule has 1 atom stereocenters. The molecule has 0 amide bonds. The lowest BCUT2D eigenvalue weighted by Crippen LogP contribution is -2.31. The van der Waals surface area contributed by atoms with Gasteiger partial charge in [0.1, 0.15) is 5.82 Å². The molecule has 3 aromatic rings. The third-order valence-electron chi connectivity index (χ3n) is 6.27. The Hall–Kier alpha value is -2.78. The van der Waals surface area contributed by atoms with Crippen molar-refractivity contribution in [2.45, 2.75) is 44.6 Å². The molecule has 1 unspecified atom stereocenters. The van der Waals surface area contributed by atoms with Crippen LogP contribution in [-0.4, -0.2) is 70.1 Å². The van der Waals surface area contributed by atoms with E-state index in [0.717, 1.165) is 45.5 Å².